The molecule has 2 rings (SSSR count). The fourth-order valence-electron chi connectivity index (χ4n) is 1.23. The Kier molecular flexibility index (Phi) is 2.35. The van der Waals surface area contributed by atoms with E-state index in [1.165, 1.54) is 23.5 Å². The Balaban J connectivity index is 2.68. The van der Waals surface area contributed by atoms with E-state index >= 15 is 0 Å². The SMILES string of the molecule is Oc1cccc(O)c1-c1sccc1Cl. The molecule has 0 saturated heterocycles. The lowest BCUT2D eigenvalue weighted by molar-refractivity contribution is 0.454. The lowest BCUT2D eigenvalue weighted by atomic mass is 10.1. The van der Waals surface area contributed by atoms with Crippen LogP contribution in [0.1, 0.15) is 0 Å². The summed E-state index contributed by atoms with van der Waals surface area (Å²) in [5, 5.41) is 21.5. The van der Waals surface area contributed by atoms with Crippen molar-refractivity contribution < 1.29 is 10.2 Å². The maximum atomic E-state index is 9.58. The molecule has 0 radical (unpaired) electrons. The highest BCUT2D eigenvalue weighted by atomic mass is 35.5. The van der Waals surface area contributed by atoms with Crippen LogP contribution in [0.4, 0.5) is 0 Å². The summed E-state index contributed by atoms with van der Waals surface area (Å²) in [6.45, 7) is 0. The Bertz CT molecular complexity index is 445. The number of thiophene rings is 1. The van der Waals surface area contributed by atoms with Crippen molar-refractivity contribution in [1.82, 2.24) is 0 Å². The van der Waals surface area contributed by atoms with Gasteiger partial charge in [0.2, 0.25) is 0 Å². The number of phenols is 2. The molecule has 2 N–H and O–H groups in total. The number of benzene rings is 1. The van der Waals surface area contributed by atoms with Crippen molar-refractivity contribution >= 4 is 22.9 Å². The van der Waals surface area contributed by atoms with Crippen molar-refractivity contribution in [2.24, 2.45) is 0 Å². The number of halogens is 1. The molecule has 0 spiro atoms. The zero-order chi connectivity index (χ0) is 10.1. The van der Waals surface area contributed by atoms with Gasteiger partial charge in [0.05, 0.1) is 15.5 Å². The topological polar surface area (TPSA) is 40.5 Å². The summed E-state index contributed by atoms with van der Waals surface area (Å²) in [5.41, 5.74) is 0.396. The fraction of sp³-hybridized carbons (Fsp3) is 0. The fourth-order valence-corrected chi connectivity index (χ4v) is 2.45. The molecular weight excluding hydrogens is 220 g/mol. The number of hydrogen-bond acceptors (Lipinski definition) is 3. The van der Waals surface area contributed by atoms with Crippen molar-refractivity contribution in [3.8, 4) is 21.9 Å². The van der Waals surface area contributed by atoms with Gasteiger partial charge >= 0.3 is 0 Å². The summed E-state index contributed by atoms with van der Waals surface area (Å²) in [4.78, 5) is 0.683. The van der Waals surface area contributed by atoms with E-state index in [0.29, 0.717) is 15.5 Å². The average molecular weight is 227 g/mol. The van der Waals surface area contributed by atoms with E-state index in [4.69, 9.17) is 11.6 Å². The molecule has 0 amide bonds. The summed E-state index contributed by atoms with van der Waals surface area (Å²) in [7, 11) is 0. The van der Waals surface area contributed by atoms with Crippen molar-refractivity contribution in [2.75, 3.05) is 0 Å². The predicted molar refractivity (Wildman–Crippen MR) is 58.1 cm³/mol. The van der Waals surface area contributed by atoms with Gasteiger partial charge in [-0.1, -0.05) is 17.7 Å². The Morgan fingerprint density at radius 3 is 2.21 bits per heavy atom. The number of aromatic hydroxyl groups is 2. The van der Waals surface area contributed by atoms with E-state index in [2.05, 4.69) is 0 Å². The van der Waals surface area contributed by atoms with E-state index in [1.54, 1.807) is 12.1 Å². The van der Waals surface area contributed by atoms with E-state index in [0.717, 1.165) is 0 Å². The van der Waals surface area contributed by atoms with E-state index in [-0.39, 0.29) is 11.5 Å². The molecule has 0 bridgehead atoms. The van der Waals surface area contributed by atoms with Gasteiger partial charge in [-0.2, -0.15) is 0 Å². The van der Waals surface area contributed by atoms with Crippen LogP contribution in [0.25, 0.3) is 10.4 Å². The molecule has 0 aliphatic heterocycles. The molecule has 1 heterocycles. The molecular formula is C10H7ClO2S. The second-order valence-electron chi connectivity index (χ2n) is 2.77. The van der Waals surface area contributed by atoms with Gasteiger partial charge in [-0.25, -0.2) is 0 Å². The van der Waals surface area contributed by atoms with Crippen LogP contribution < -0.4 is 0 Å². The van der Waals surface area contributed by atoms with Crippen LogP contribution in [0.3, 0.4) is 0 Å². The quantitative estimate of drug-likeness (QED) is 0.782. The minimum absolute atomic E-state index is 0.0364. The molecule has 0 aliphatic rings. The Labute approximate surface area is 90.0 Å². The number of hydrogen-bond donors (Lipinski definition) is 2. The Hall–Kier alpha value is -1.19. The third kappa shape index (κ3) is 1.45. The van der Waals surface area contributed by atoms with Crippen LogP contribution >= 0.6 is 22.9 Å². The highest BCUT2D eigenvalue weighted by Crippen LogP contribution is 2.43. The van der Waals surface area contributed by atoms with Crippen LogP contribution in [0.15, 0.2) is 29.6 Å². The Morgan fingerprint density at radius 1 is 1.07 bits per heavy atom. The zero-order valence-electron chi connectivity index (χ0n) is 7.07. The largest absolute Gasteiger partial charge is 0.507 e. The first kappa shape index (κ1) is 9.37. The molecule has 0 unspecified atom stereocenters. The van der Waals surface area contributed by atoms with Gasteiger partial charge in [0, 0.05) is 0 Å². The van der Waals surface area contributed by atoms with Gasteiger partial charge in [-0.05, 0) is 23.6 Å². The second kappa shape index (κ2) is 3.52. The normalized spacial score (nSPS) is 10.4. The van der Waals surface area contributed by atoms with E-state index in [9.17, 15) is 10.2 Å². The van der Waals surface area contributed by atoms with Crippen molar-refractivity contribution in [3.05, 3.63) is 34.7 Å². The lowest BCUT2D eigenvalue weighted by Gasteiger charge is -2.04. The first-order chi connectivity index (χ1) is 6.70. The molecule has 2 nitrogen and oxygen atoms in total. The first-order valence-corrected chi connectivity index (χ1v) is 5.20. The molecule has 0 atom stereocenters. The van der Waals surface area contributed by atoms with Crippen LogP contribution in [0.5, 0.6) is 11.5 Å². The van der Waals surface area contributed by atoms with Crippen molar-refractivity contribution in [1.29, 1.82) is 0 Å². The predicted octanol–water partition coefficient (Wildman–Crippen LogP) is 3.48. The van der Waals surface area contributed by atoms with E-state index < -0.39 is 0 Å². The molecule has 0 saturated carbocycles. The highest BCUT2D eigenvalue weighted by molar-refractivity contribution is 7.14. The number of phenolic OH excluding ortho intramolecular Hbond substituents is 2. The van der Waals surface area contributed by atoms with E-state index in [1.807, 2.05) is 5.38 Å². The monoisotopic (exact) mass is 226 g/mol. The molecule has 0 fully saturated rings. The van der Waals surface area contributed by atoms with Crippen molar-refractivity contribution in [2.45, 2.75) is 0 Å². The minimum atomic E-state index is 0.0364. The van der Waals surface area contributed by atoms with Gasteiger partial charge in [0.25, 0.3) is 0 Å². The molecule has 0 aliphatic carbocycles. The van der Waals surface area contributed by atoms with Crippen LogP contribution in [-0.2, 0) is 0 Å². The molecule has 14 heavy (non-hydrogen) atoms. The molecule has 1 aromatic heterocycles. The van der Waals surface area contributed by atoms with Crippen LogP contribution in [0.2, 0.25) is 5.02 Å². The molecule has 1 aromatic carbocycles. The third-order valence-electron chi connectivity index (χ3n) is 1.86. The smallest absolute Gasteiger partial charge is 0.128 e. The molecule has 2 aromatic rings. The second-order valence-corrected chi connectivity index (χ2v) is 4.09. The molecule has 4 heteroatoms. The average Bonchev–Trinajstić information content (AvgIpc) is 2.52. The van der Waals surface area contributed by atoms with Gasteiger partial charge in [-0.3, -0.25) is 0 Å². The first-order valence-electron chi connectivity index (χ1n) is 3.94. The summed E-state index contributed by atoms with van der Waals surface area (Å²) >= 11 is 7.29. The maximum absolute atomic E-state index is 9.58. The minimum Gasteiger partial charge on any atom is -0.507 e. The maximum Gasteiger partial charge on any atom is 0.128 e. The Morgan fingerprint density at radius 2 is 1.71 bits per heavy atom. The van der Waals surface area contributed by atoms with Gasteiger partial charge in [-0.15, -0.1) is 11.3 Å². The standard InChI is InChI=1S/C10H7ClO2S/c11-6-4-5-14-10(6)9-7(12)2-1-3-8(9)13/h1-5,12-13H. The summed E-state index contributed by atoms with van der Waals surface area (Å²) in [6.07, 6.45) is 0. The summed E-state index contributed by atoms with van der Waals surface area (Å²) in [6, 6.07) is 6.35. The molecule has 72 valence electrons. The summed E-state index contributed by atoms with van der Waals surface area (Å²) < 4.78 is 0. The van der Waals surface area contributed by atoms with Crippen LogP contribution in [0, 0.1) is 0 Å². The third-order valence-corrected chi connectivity index (χ3v) is 3.22. The van der Waals surface area contributed by atoms with Gasteiger partial charge < -0.3 is 10.2 Å². The highest BCUT2D eigenvalue weighted by Gasteiger charge is 2.13. The summed E-state index contributed by atoms with van der Waals surface area (Å²) in [5.74, 6) is 0.0729. The lowest BCUT2D eigenvalue weighted by Crippen LogP contribution is -1.76. The number of rotatable bonds is 1. The van der Waals surface area contributed by atoms with Crippen molar-refractivity contribution in [3.63, 3.8) is 0 Å². The van der Waals surface area contributed by atoms with Gasteiger partial charge in [0.1, 0.15) is 11.5 Å². The van der Waals surface area contributed by atoms with Crippen LogP contribution in [-0.4, -0.2) is 10.2 Å². The zero-order valence-corrected chi connectivity index (χ0v) is 8.64. The van der Waals surface area contributed by atoms with Gasteiger partial charge in [0.15, 0.2) is 0 Å².